The van der Waals surface area contributed by atoms with E-state index in [1.165, 1.54) is 7.11 Å². The molecule has 0 radical (unpaired) electrons. The van der Waals surface area contributed by atoms with Gasteiger partial charge in [-0.05, 0) is 24.6 Å². The molecule has 1 aromatic rings. The Kier molecular flexibility index (Phi) is 5.15. The van der Waals surface area contributed by atoms with Crippen LogP contribution in [0.1, 0.15) is 42.1 Å². The van der Waals surface area contributed by atoms with Crippen molar-refractivity contribution in [2.24, 2.45) is 0 Å². The summed E-state index contributed by atoms with van der Waals surface area (Å²) in [6.45, 7) is 2.14. The van der Waals surface area contributed by atoms with Gasteiger partial charge in [0, 0.05) is 12.0 Å². The first-order valence-corrected chi connectivity index (χ1v) is 5.45. The van der Waals surface area contributed by atoms with Gasteiger partial charge in [0.05, 0.1) is 12.7 Å². The van der Waals surface area contributed by atoms with Crippen molar-refractivity contribution < 1.29 is 9.53 Å². The Labute approximate surface area is 96.6 Å². The first-order valence-electron chi connectivity index (χ1n) is 5.45. The summed E-state index contributed by atoms with van der Waals surface area (Å²) >= 11 is 0. The van der Waals surface area contributed by atoms with Crippen molar-refractivity contribution in [1.29, 1.82) is 0 Å². The minimum atomic E-state index is -0.322. The molecule has 0 spiro atoms. The Morgan fingerprint density at radius 1 is 1.44 bits per heavy atom. The molecule has 0 heterocycles. The fourth-order valence-corrected chi connectivity index (χ4v) is 1.27. The van der Waals surface area contributed by atoms with Gasteiger partial charge in [-0.15, -0.1) is 0 Å². The number of esters is 1. The summed E-state index contributed by atoms with van der Waals surface area (Å²) in [4.78, 5) is 11.3. The summed E-state index contributed by atoms with van der Waals surface area (Å²) in [5.41, 5.74) is 1.41. The van der Waals surface area contributed by atoms with E-state index < -0.39 is 0 Å². The Morgan fingerprint density at radius 3 is 2.94 bits per heavy atom. The van der Waals surface area contributed by atoms with Crippen LogP contribution in [0.5, 0.6) is 0 Å². The second-order valence-corrected chi connectivity index (χ2v) is 3.48. The van der Waals surface area contributed by atoms with E-state index in [2.05, 4.69) is 23.5 Å². The maximum atomic E-state index is 11.3. The van der Waals surface area contributed by atoms with Gasteiger partial charge in [-0.1, -0.05) is 31.3 Å². The summed E-state index contributed by atoms with van der Waals surface area (Å²) in [5.74, 6) is 5.80. The highest BCUT2D eigenvalue weighted by Gasteiger charge is 2.03. The minimum Gasteiger partial charge on any atom is -0.465 e. The largest absolute Gasteiger partial charge is 0.465 e. The number of carbonyl (C=O) groups excluding carboxylic acids is 1. The van der Waals surface area contributed by atoms with E-state index in [-0.39, 0.29) is 5.97 Å². The quantitative estimate of drug-likeness (QED) is 0.441. The number of carbonyl (C=O) groups is 1. The van der Waals surface area contributed by atoms with E-state index in [0.29, 0.717) is 5.56 Å². The normalized spacial score (nSPS) is 9.12. The van der Waals surface area contributed by atoms with Crippen LogP contribution in [0, 0.1) is 11.8 Å². The molecule has 1 aromatic carbocycles. The molecule has 2 heteroatoms. The average molecular weight is 216 g/mol. The molecule has 0 aromatic heterocycles. The Balaban J connectivity index is 2.73. The lowest BCUT2D eigenvalue weighted by Crippen LogP contribution is -2.00. The van der Waals surface area contributed by atoms with Crippen molar-refractivity contribution in [2.45, 2.75) is 26.2 Å². The number of benzene rings is 1. The average Bonchev–Trinajstić information content (AvgIpc) is 2.34. The van der Waals surface area contributed by atoms with Crippen molar-refractivity contribution in [3.05, 3.63) is 35.4 Å². The molecule has 0 amide bonds. The summed E-state index contributed by atoms with van der Waals surface area (Å²) in [7, 11) is 1.38. The molecule has 84 valence electrons. The second kappa shape index (κ2) is 6.68. The molecule has 0 aliphatic rings. The lowest BCUT2D eigenvalue weighted by atomic mass is 10.1. The molecule has 0 aliphatic heterocycles. The van der Waals surface area contributed by atoms with Crippen LogP contribution in [0.4, 0.5) is 0 Å². The van der Waals surface area contributed by atoms with Crippen LogP contribution in [-0.4, -0.2) is 13.1 Å². The van der Waals surface area contributed by atoms with Crippen LogP contribution in [0.3, 0.4) is 0 Å². The highest BCUT2D eigenvalue weighted by molar-refractivity contribution is 5.89. The number of ether oxygens (including phenoxy) is 1. The van der Waals surface area contributed by atoms with E-state index in [1.54, 1.807) is 12.1 Å². The van der Waals surface area contributed by atoms with Gasteiger partial charge in [-0.2, -0.15) is 0 Å². The third-order valence-electron chi connectivity index (χ3n) is 2.17. The van der Waals surface area contributed by atoms with E-state index in [4.69, 9.17) is 0 Å². The molecule has 0 N–H and O–H groups in total. The third-order valence-corrected chi connectivity index (χ3v) is 2.17. The molecular weight excluding hydrogens is 200 g/mol. The van der Waals surface area contributed by atoms with Gasteiger partial charge in [-0.25, -0.2) is 4.79 Å². The summed E-state index contributed by atoms with van der Waals surface area (Å²) in [6, 6.07) is 7.19. The number of hydrogen-bond acceptors (Lipinski definition) is 2. The zero-order valence-electron chi connectivity index (χ0n) is 9.75. The van der Waals surface area contributed by atoms with Crippen molar-refractivity contribution in [3.63, 3.8) is 0 Å². The molecule has 2 nitrogen and oxygen atoms in total. The van der Waals surface area contributed by atoms with Crippen LogP contribution in [0.25, 0.3) is 0 Å². The van der Waals surface area contributed by atoms with Crippen molar-refractivity contribution in [2.75, 3.05) is 7.11 Å². The van der Waals surface area contributed by atoms with Gasteiger partial charge in [0.25, 0.3) is 0 Å². The molecule has 16 heavy (non-hydrogen) atoms. The van der Waals surface area contributed by atoms with Gasteiger partial charge in [-0.3, -0.25) is 0 Å². The fourth-order valence-electron chi connectivity index (χ4n) is 1.27. The topological polar surface area (TPSA) is 26.3 Å². The predicted octanol–water partition coefficient (Wildman–Crippen LogP) is 3.01. The maximum Gasteiger partial charge on any atom is 0.337 e. The number of rotatable bonds is 3. The first-order chi connectivity index (χ1) is 7.77. The number of hydrogen-bond donors (Lipinski definition) is 0. The zero-order chi connectivity index (χ0) is 11.8. The molecule has 0 fully saturated rings. The van der Waals surface area contributed by atoms with E-state index >= 15 is 0 Å². The van der Waals surface area contributed by atoms with Gasteiger partial charge in [0.2, 0.25) is 0 Å². The smallest absolute Gasteiger partial charge is 0.337 e. The number of unbranched alkanes of at least 4 members (excludes halogenated alkanes) is 2. The van der Waals surface area contributed by atoms with E-state index in [1.807, 2.05) is 12.1 Å². The van der Waals surface area contributed by atoms with Crippen molar-refractivity contribution in [1.82, 2.24) is 0 Å². The van der Waals surface area contributed by atoms with Crippen LogP contribution >= 0.6 is 0 Å². The molecular formula is C14H16O2. The maximum absolute atomic E-state index is 11.3. The molecule has 0 aliphatic carbocycles. The van der Waals surface area contributed by atoms with Crippen LogP contribution in [-0.2, 0) is 4.74 Å². The van der Waals surface area contributed by atoms with Gasteiger partial charge >= 0.3 is 5.97 Å². The van der Waals surface area contributed by atoms with Gasteiger partial charge in [0.15, 0.2) is 0 Å². The lowest BCUT2D eigenvalue weighted by Gasteiger charge is -1.98. The van der Waals surface area contributed by atoms with E-state index in [0.717, 1.165) is 24.8 Å². The van der Waals surface area contributed by atoms with Crippen LogP contribution in [0.15, 0.2) is 24.3 Å². The monoisotopic (exact) mass is 216 g/mol. The highest BCUT2D eigenvalue weighted by atomic mass is 16.5. The highest BCUT2D eigenvalue weighted by Crippen LogP contribution is 2.05. The number of methoxy groups -OCH3 is 1. The molecule has 0 bridgehead atoms. The molecule has 0 saturated heterocycles. The fraction of sp³-hybridized carbons (Fsp3) is 0.357. The van der Waals surface area contributed by atoms with Gasteiger partial charge in [0.1, 0.15) is 0 Å². The Hall–Kier alpha value is -1.75. The van der Waals surface area contributed by atoms with Gasteiger partial charge < -0.3 is 4.74 Å². The summed E-state index contributed by atoms with van der Waals surface area (Å²) in [5, 5.41) is 0. The first kappa shape index (κ1) is 12.3. The van der Waals surface area contributed by atoms with E-state index in [9.17, 15) is 4.79 Å². The molecule has 0 atom stereocenters. The predicted molar refractivity (Wildman–Crippen MR) is 64.2 cm³/mol. The summed E-state index contributed by atoms with van der Waals surface area (Å²) in [6.07, 6.45) is 3.17. The third kappa shape index (κ3) is 3.78. The SMILES string of the molecule is CCCCC#Cc1cccc(C(=O)OC)c1. The Morgan fingerprint density at radius 2 is 2.25 bits per heavy atom. The molecule has 0 saturated carbocycles. The van der Waals surface area contributed by atoms with Crippen LogP contribution in [0.2, 0.25) is 0 Å². The minimum absolute atomic E-state index is 0.322. The van der Waals surface area contributed by atoms with Crippen molar-refractivity contribution >= 4 is 5.97 Å². The van der Waals surface area contributed by atoms with Crippen LogP contribution < -0.4 is 0 Å². The second-order valence-electron chi connectivity index (χ2n) is 3.48. The lowest BCUT2D eigenvalue weighted by molar-refractivity contribution is 0.0600. The molecule has 1 rings (SSSR count). The summed E-state index contributed by atoms with van der Waals surface area (Å²) < 4.78 is 4.65. The standard InChI is InChI=1S/C14H16O2/c1-3-4-5-6-8-12-9-7-10-13(11-12)14(15)16-2/h7,9-11H,3-5H2,1-2H3. The zero-order valence-corrected chi connectivity index (χ0v) is 9.75. The van der Waals surface area contributed by atoms with Crippen molar-refractivity contribution in [3.8, 4) is 11.8 Å². The Bertz CT molecular complexity index is 410. The molecule has 0 unspecified atom stereocenters.